The monoisotopic (exact) mass is 250 g/mol. The van der Waals surface area contributed by atoms with Crippen LogP contribution in [0.15, 0.2) is 30.3 Å². The molecular weight excluding hydrogens is 228 g/mol. The molecule has 3 heteroatoms. The molecule has 0 radical (unpaired) electrons. The van der Waals surface area contributed by atoms with Crippen molar-refractivity contribution in [3.63, 3.8) is 0 Å². The van der Waals surface area contributed by atoms with Crippen LogP contribution in [-0.4, -0.2) is 37.1 Å². The average molecular weight is 250 g/mol. The fourth-order valence-corrected chi connectivity index (χ4v) is 2.65. The summed E-state index contributed by atoms with van der Waals surface area (Å²) in [7, 11) is 1.66. The van der Waals surface area contributed by atoms with E-state index in [1.807, 2.05) is 18.2 Å². The standard InChI is InChI=1S/C15H22O3/c1-17-12-15(10-5-11-18-15)14(16)9-8-13-6-3-2-4-7-13/h2-4,6-7,14,16H,5,8-12H2,1H3/t14-,15-/m0/s1. The SMILES string of the molecule is COC[C@]1([C@@H](O)CCc2ccccc2)CCCO1. The number of ether oxygens (including phenoxy) is 2. The maximum atomic E-state index is 10.4. The second-order valence-corrected chi connectivity index (χ2v) is 4.99. The van der Waals surface area contributed by atoms with Gasteiger partial charge in [0, 0.05) is 13.7 Å². The Labute approximate surface area is 109 Å². The first-order valence-electron chi connectivity index (χ1n) is 6.62. The highest BCUT2D eigenvalue weighted by atomic mass is 16.6. The van der Waals surface area contributed by atoms with E-state index in [9.17, 15) is 5.11 Å². The zero-order valence-electron chi connectivity index (χ0n) is 11.0. The van der Waals surface area contributed by atoms with Crippen LogP contribution in [0.5, 0.6) is 0 Å². The van der Waals surface area contributed by atoms with Gasteiger partial charge in [0.1, 0.15) is 5.60 Å². The molecule has 1 fully saturated rings. The van der Waals surface area contributed by atoms with Crippen molar-refractivity contribution in [3.05, 3.63) is 35.9 Å². The van der Waals surface area contributed by atoms with Crippen molar-refractivity contribution in [3.8, 4) is 0 Å². The van der Waals surface area contributed by atoms with Crippen LogP contribution in [0, 0.1) is 0 Å². The van der Waals surface area contributed by atoms with E-state index in [-0.39, 0.29) is 0 Å². The molecule has 1 aromatic carbocycles. The number of aliphatic hydroxyl groups is 1. The van der Waals surface area contributed by atoms with Gasteiger partial charge in [-0.15, -0.1) is 0 Å². The van der Waals surface area contributed by atoms with Crippen molar-refractivity contribution in [1.82, 2.24) is 0 Å². The lowest BCUT2D eigenvalue weighted by Gasteiger charge is -2.32. The third-order valence-electron chi connectivity index (χ3n) is 3.68. The molecule has 0 saturated carbocycles. The molecule has 18 heavy (non-hydrogen) atoms. The second-order valence-electron chi connectivity index (χ2n) is 4.99. The third kappa shape index (κ3) is 3.10. The molecule has 0 unspecified atom stereocenters. The molecule has 0 aliphatic carbocycles. The number of aliphatic hydroxyl groups excluding tert-OH is 1. The Morgan fingerprint density at radius 1 is 1.39 bits per heavy atom. The minimum absolute atomic E-state index is 0.458. The summed E-state index contributed by atoms with van der Waals surface area (Å²) in [5.74, 6) is 0. The van der Waals surface area contributed by atoms with Gasteiger partial charge in [-0.1, -0.05) is 30.3 Å². The molecule has 2 atom stereocenters. The zero-order valence-corrected chi connectivity index (χ0v) is 11.0. The molecule has 0 bridgehead atoms. The highest BCUT2D eigenvalue weighted by molar-refractivity contribution is 5.15. The first-order chi connectivity index (χ1) is 8.77. The summed E-state index contributed by atoms with van der Waals surface area (Å²) >= 11 is 0. The summed E-state index contributed by atoms with van der Waals surface area (Å²) in [5.41, 5.74) is 0.769. The van der Waals surface area contributed by atoms with Crippen molar-refractivity contribution >= 4 is 0 Å². The number of hydrogen-bond donors (Lipinski definition) is 1. The first-order valence-corrected chi connectivity index (χ1v) is 6.62. The molecule has 1 heterocycles. The van der Waals surface area contributed by atoms with E-state index in [1.165, 1.54) is 5.56 Å². The fraction of sp³-hybridized carbons (Fsp3) is 0.600. The van der Waals surface area contributed by atoms with Gasteiger partial charge in [-0.05, 0) is 31.2 Å². The molecule has 1 aliphatic rings. The normalized spacial score (nSPS) is 25.2. The van der Waals surface area contributed by atoms with E-state index < -0.39 is 11.7 Å². The Morgan fingerprint density at radius 2 is 2.17 bits per heavy atom. The van der Waals surface area contributed by atoms with Gasteiger partial charge in [-0.3, -0.25) is 0 Å². The zero-order chi connectivity index (χ0) is 12.8. The van der Waals surface area contributed by atoms with Gasteiger partial charge in [-0.25, -0.2) is 0 Å². The predicted molar refractivity (Wildman–Crippen MR) is 70.6 cm³/mol. The van der Waals surface area contributed by atoms with E-state index in [4.69, 9.17) is 9.47 Å². The first kappa shape index (κ1) is 13.5. The Balaban J connectivity index is 1.91. The van der Waals surface area contributed by atoms with E-state index in [0.717, 1.165) is 25.9 Å². The Kier molecular flexibility index (Phi) is 4.75. The van der Waals surface area contributed by atoms with Crippen LogP contribution in [0.4, 0.5) is 0 Å². The van der Waals surface area contributed by atoms with Crippen molar-refractivity contribution in [2.75, 3.05) is 20.3 Å². The van der Waals surface area contributed by atoms with Crippen molar-refractivity contribution < 1.29 is 14.6 Å². The van der Waals surface area contributed by atoms with Crippen molar-refractivity contribution in [2.24, 2.45) is 0 Å². The van der Waals surface area contributed by atoms with Crippen LogP contribution >= 0.6 is 0 Å². The van der Waals surface area contributed by atoms with Crippen LogP contribution in [0.1, 0.15) is 24.8 Å². The van der Waals surface area contributed by atoms with Crippen LogP contribution in [0.25, 0.3) is 0 Å². The maximum Gasteiger partial charge on any atom is 0.117 e. The lowest BCUT2D eigenvalue weighted by atomic mass is 9.90. The van der Waals surface area contributed by atoms with E-state index in [2.05, 4.69) is 12.1 Å². The lowest BCUT2D eigenvalue weighted by Crippen LogP contribution is -2.46. The maximum absolute atomic E-state index is 10.4. The summed E-state index contributed by atoms with van der Waals surface area (Å²) in [4.78, 5) is 0. The molecule has 3 nitrogen and oxygen atoms in total. The molecule has 1 N–H and O–H groups in total. The largest absolute Gasteiger partial charge is 0.390 e. The van der Waals surface area contributed by atoms with E-state index >= 15 is 0 Å². The highest BCUT2D eigenvalue weighted by Crippen LogP contribution is 2.31. The quantitative estimate of drug-likeness (QED) is 0.841. The van der Waals surface area contributed by atoms with Gasteiger partial charge in [0.05, 0.1) is 12.7 Å². The second kappa shape index (κ2) is 6.32. The minimum Gasteiger partial charge on any atom is -0.390 e. The summed E-state index contributed by atoms with van der Waals surface area (Å²) in [5, 5.41) is 10.4. The smallest absolute Gasteiger partial charge is 0.117 e. The van der Waals surface area contributed by atoms with Gasteiger partial charge in [0.2, 0.25) is 0 Å². The van der Waals surface area contributed by atoms with Gasteiger partial charge in [0.25, 0.3) is 0 Å². The third-order valence-corrected chi connectivity index (χ3v) is 3.68. The molecule has 1 saturated heterocycles. The number of benzene rings is 1. The van der Waals surface area contributed by atoms with E-state index in [1.54, 1.807) is 7.11 Å². The van der Waals surface area contributed by atoms with Gasteiger partial charge >= 0.3 is 0 Å². The van der Waals surface area contributed by atoms with Gasteiger partial charge in [-0.2, -0.15) is 0 Å². The molecule has 2 rings (SSSR count). The lowest BCUT2D eigenvalue weighted by molar-refractivity contribution is -0.126. The van der Waals surface area contributed by atoms with Crippen molar-refractivity contribution in [1.29, 1.82) is 0 Å². The average Bonchev–Trinajstić information content (AvgIpc) is 2.87. The Hall–Kier alpha value is -0.900. The minimum atomic E-state index is -0.483. The fourth-order valence-electron chi connectivity index (χ4n) is 2.65. The number of aryl methyl sites for hydroxylation is 1. The highest BCUT2D eigenvalue weighted by Gasteiger charge is 2.41. The molecule has 1 aliphatic heterocycles. The Bertz CT molecular complexity index is 344. The van der Waals surface area contributed by atoms with Gasteiger partial charge in [0.15, 0.2) is 0 Å². The molecular formula is C15H22O3. The van der Waals surface area contributed by atoms with Crippen LogP contribution in [-0.2, 0) is 15.9 Å². The predicted octanol–water partition coefficient (Wildman–Crippen LogP) is 2.18. The molecule has 0 amide bonds. The van der Waals surface area contributed by atoms with Crippen LogP contribution in [0.2, 0.25) is 0 Å². The van der Waals surface area contributed by atoms with Crippen molar-refractivity contribution in [2.45, 2.75) is 37.4 Å². The summed E-state index contributed by atoms with van der Waals surface area (Å²) in [6, 6.07) is 10.2. The summed E-state index contributed by atoms with van der Waals surface area (Å²) in [6.07, 6.45) is 3.02. The number of methoxy groups -OCH3 is 1. The molecule has 100 valence electrons. The molecule has 1 aromatic rings. The van der Waals surface area contributed by atoms with E-state index in [0.29, 0.717) is 13.0 Å². The molecule has 0 spiro atoms. The summed E-state index contributed by atoms with van der Waals surface area (Å²) in [6.45, 7) is 1.20. The topological polar surface area (TPSA) is 38.7 Å². The van der Waals surface area contributed by atoms with Crippen LogP contribution < -0.4 is 0 Å². The number of rotatable bonds is 6. The molecule has 0 aromatic heterocycles. The van der Waals surface area contributed by atoms with Gasteiger partial charge < -0.3 is 14.6 Å². The number of hydrogen-bond acceptors (Lipinski definition) is 3. The Morgan fingerprint density at radius 3 is 2.78 bits per heavy atom. The van der Waals surface area contributed by atoms with Crippen LogP contribution in [0.3, 0.4) is 0 Å². The summed E-state index contributed by atoms with van der Waals surface area (Å²) < 4.78 is 11.0.